The fourth-order valence-electron chi connectivity index (χ4n) is 3.54. The van der Waals surface area contributed by atoms with Gasteiger partial charge in [0.2, 0.25) is 5.91 Å². The maximum atomic E-state index is 13.0. The second kappa shape index (κ2) is 9.21. The number of benzene rings is 1. The summed E-state index contributed by atoms with van der Waals surface area (Å²) >= 11 is 0. The van der Waals surface area contributed by atoms with Gasteiger partial charge in [-0.3, -0.25) is 9.78 Å². The van der Waals surface area contributed by atoms with Gasteiger partial charge in [-0.15, -0.1) is 0 Å². The van der Waals surface area contributed by atoms with Crippen molar-refractivity contribution in [3.05, 3.63) is 54.4 Å². The Labute approximate surface area is 164 Å². The van der Waals surface area contributed by atoms with Crippen LogP contribution in [0.4, 0.5) is 10.5 Å². The van der Waals surface area contributed by atoms with Gasteiger partial charge < -0.3 is 20.7 Å². The Morgan fingerprint density at radius 1 is 1.07 bits per heavy atom. The van der Waals surface area contributed by atoms with E-state index in [0.29, 0.717) is 30.8 Å². The summed E-state index contributed by atoms with van der Waals surface area (Å²) in [4.78, 5) is 29.7. The second-order valence-electron chi connectivity index (χ2n) is 6.96. The van der Waals surface area contributed by atoms with Gasteiger partial charge in [-0.1, -0.05) is 31.4 Å². The molecule has 3 N–H and O–H groups in total. The zero-order valence-corrected chi connectivity index (χ0v) is 16.0. The van der Waals surface area contributed by atoms with Crippen LogP contribution in [-0.2, 0) is 11.3 Å². The number of pyridine rings is 1. The maximum Gasteiger partial charge on any atom is 0.320 e. The number of carbonyl (C=O) groups is 2. The van der Waals surface area contributed by atoms with Gasteiger partial charge >= 0.3 is 6.03 Å². The summed E-state index contributed by atoms with van der Waals surface area (Å²) in [6.07, 6.45) is 7.49. The summed E-state index contributed by atoms with van der Waals surface area (Å²) in [7, 11) is 1.55. The molecule has 1 aromatic carbocycles. The van der Waals surface area contributed by atoms with E-state index in [0.717, 1.165) is 24.8 Å². The molecule has 0 bridgehead atoms. The Balaban J connectivity index is 1.68. The minimum atomic E-state index is -0.905. The fourth-order valence-corrected chi connectivity index (χ4v) is 3.54. The van der Waals surface area contributed by atoms with Crippen molar-refractivity contribution in [2.24, 2.45) is 0 Å². The minimum absolute atomic E-state index is 0.154. The highest BCUT2D eigenvalue weighted by atomic mass is 16.5. The van der Waals surface area contributed by atoms with Gasteiger partial charge in [-0.25, -0.2) is 4.79 Å². The summed E-state index contributed by atoms with van der Waals surface area (Å²) < 4.78 is 5.27. The predicted octanol–water partition coefficient (Wildman–Crippen LogP) is 3.23. The lowest BCUT2D eigenvalue weighted by atomic mass is 9.81. The molecule has 1 fully saturated rings. The molecule has 0 spiro atoms. The van der Waals surface area contributed by atoms with Crippen molar-refractivity contribution in [1.29, 1.82) is 0 Å². The number of aromatic nitrogens is 1. The van der Waals surface area contributed by atoms with E-state index < -0.39 is 11.6 Å². The molecule has 1 aromatic heterocycles. The van der Waals surface area contributed by atoms with E-state index >= 15 is 0 Å². The number of amides is 3. The van der Waals surface area contributed by atoms with Crippen molar-refractivity contribution in [1.82, 2.24) is 15.6 Å². The lowest BCUT2D eigenvalue weighted by Crippen LogP contribution is -2.60. The summed E-state index contributed by atoms with van der Waals surface area (Å²) in [6, 6.07) is 10.5. The molecule has 3 rings (SSSR count). The topological polar surface area (TPSA) is 92.4 Å². The van der Waals surface area contributed by atoms with E-state index in [-0.39, 0.29) is 5.91 Å². The fraction of sp³-hybridized carbons (Fsp3) is 0.381. The molecule has 0 unspecified atom stereocenters. The highest BCUT2D eigenvalue weighted by molar-refractivity contribution is 5.96. The standard InChI is InChI=1S/C21H26N4O3/c1-28-18-8-4-3-7-17(18)24-20(27)25-21(11-5-2-6-12-21)19(26)23-15-16-9-13-22-14-10-16/h3-4,7-10,13-14H,2,5-6,11-12,15H2,1H3,(H,23,26)(H2,24,25,27). The van der Waals surface area contributed by atoms with Crippen LogP contribution in [0.3, 0.4) is 0 Å². The van der Waals surface area contributed by atoms with Crippen LogP contribution in [0.2, 0.25) is 0 Å². The largest absolute Gasteiger partial charge is 0.495 e. The number of hydrogen-bond donors (Lipinski definition) is 3. The molecule has 7 nitrogen and oxygen atoms in total. The number of methoxy groups -OCH3 is 1. The Hall–Kier alpha value is -3.09. The molecule has 1 saturated carbocycles. The van der Waals surface area contributed by atoms with Gasteiger partial charge in [0.25, 0.3) is 0 Å². The molecule has 148 valence electrons. The van der Waals surface area contributed by atoms with E-state index in [1.54, 1.807) is 31.6 Å². The highest BCUT2D eigenvalue weighted by Crippen LogP contribution is 2.29. The molecule has 1 aliphatic carbocycles. The summed E-state index contributed by atoms with van der Waals surface area (Å²) in [5.41, 5.74) is 0.621. The van der Waals surface area contributed by atoms with E-state index in [9.17, 15) is 9.59 Å². The molecular weight excluding hydrogens is 356 g/mol. The number of urea groups is 1. The molecule has 1 heterocycles. The van der Waals surface area contributed by atoms with Crippen LogP contribution in [0, 0.1) is 0 Å². The first-order chi connectivity index (χ1) is 13.6. The third-order valence-electron chi connectivity index (χ3n) is 5.05. The van der Waals surface area contributed by atoms with Crippen molar-refractivity contribution in [3.8, 4) is 5.75 Å². The number of nitrogens with one attached hydrogen (secondary N) is 3. The van der Waals surface area contributed by atoms with E-state index in [1.165, 1.54) is 0 Å². The number of rotatable bonds is 6. The van der Waals surface area contributed by atoms with Gasteiger partial charge in [0.1, 0.15) is 11.3 Å². The van der Waals surface area contributed by atoms with Crippen molar-refractivity contribution in [2.75, 3.05) is 12.4 Å². The van der Waals surface area contributed by atoms with Crippen LogP contribution in [0.1, 0.15) is 37.7 Å². The molecule has 0 radical (unpaired) electrons. The molecule has 2 aromatic rings. The van der Waals surface area contributed by atoms with Crippen LogP contribution in [0.15, 0.2) is 48.8 Å². The van der Waals surface area contributed by atoms with Crippen LogP contribution in [-0.4, -0.2) is 29.6 Å². The number of ether oxygens (including phenoxy) is 1. The summed E-state index contributed by atoms with van der Waals surface area (Å²) in [5, 5.41) is 8.70. The SMILES string of the molecule is COc1ccccc1NC(=O)NC1(C(=O)NCc2ccncc2)CCCCC1. The van der Waals surface area contributed by atoms with Gasteiger partial charge in [-0.2, -0.15) is 0 Å². The average Bonchev–Trinajstić information content (AvgIpc) is 2.73. The molecular formula is C21H26N4O3. The lowest BCUT2D eigenvalue weighted by Gasteiger charge is -2.36. The first-order valence-corrected chi connectivity index (χ1v) is 9.52. The van der Waals surface area contributed by atoms with Crippen molar-refractivity contribution >= 4 is 17.6 Å². The zero-order valence-electron chi connectivity index (χ0n) is 16.0. The number of carbonyl (C=O) groups excluding carboxylic acids is 2. The number of para-hydroxylation sites is 2. The van der Waals surface area contributed by atoms with Crippen LogP contribution >= 0.6 is 0 Å². The van der Waals surface area contributed by atoms with Gasteiger partial charge in [-0.05, 0) is 42.7 Å². The Bertz CT molecular complexity index is 804. The van der Waals surface area contributed by atoms with Crippen molar-refractivity contribution in [3.63, 3.8) is 0 Å². The van der Waals surface area contributed by atoms with E-state index in [1.807, 2.05) is 24.3 Å². The Kier molecular flexibility index (Phi) is 6.47. The molecule has 3 amide bonds. The monoisotopic (exact) mass is 382 g/mol. The zero-order chi connectivity index (χ0) is 19.8. The van der Waals surface area contributed by atoms with Crippen LogP contribution in [0.5, 0.6) is 5.75 Å². The Morgan fingerprint density at radius 2 is 1.79 bits per heavy atom. The molecule has 0 saturated heterocycles. The summed E-state index contributed by atoms with van der Waals surface area (Å²) in [6.45, 7) is 0.402. The Morgan fingerprint density at radius 3 is 2.50 bits per heavy atom. The first kappa shape index (κ1) is 19.7. The van der Waals surface area contributed by atoms with Crippen molar-refractivity contribution < 1.29 is 14.3 Å². The lowest BCUT2D eigenvalue weighted by molar-refractivity contribution is -0.128. The maximum absolute atomic E-state index is 13.0. The molecule has 0 aliphatic heterocycles. The predicted molar refractivity (Wildman–Crippen MR) is 107 cm³/mol. The quantitative estimate of drug-likeness (QED) is 0.715. The van der Waals surface area contributed by atoms with Crippen LogP contribution in [0.25, 0.3) is 0 Å². The molecule has 0 atom stereocenters. The second-order valence-corrected chi connectivity index (χ2v) is 6.96. The average molecular weight is 382 g/mol. The van der Waals surface area contributed by atoms with E-state index in [4.69, 9.17) is 4.74 Å². The normalized spacial score (nSPS) is 15.3. The summed E-state index contributed by atoms with van der Waals surface area (Å²) in [5.74, 6) is 0.414. The number of anilines is 1. The first-order valence-electron chi connectivity index (χ1n) is 9.52. The smallest absolute Gasteiger partial charge is 0.320 e. The third kappa shape index (κ3) is 4.79. The number of hydrogen-bond acceptors (Lipinski definition) is 4. The molecule has 28 heavy (non-hydrogen) atoms. The van der Waals surface area contributed by atoms with Gasteiger partial charge in [0.15, 0.2) is 0 Å². The third-order valence-corrected chi connectivity index (χ3v) is 5.05. The molecule has 7 heteroatoms. The minimum Gasteiger partial charge on any atom is -0.495 e. The highest BCUT2D eigenvalue weighted by Gasteiger charge is 2.40. The van der Waals surface area contributed by atoms with Gasteiger partial charge in [0, 0.05) is 18.9 Å². The van der Waals surface area contributed by atoms with E-state index in [2.05, 4.69) is 20.9 Å². The molecule has 1 aliphatic rings. The van der Waals surface area contributed by atoms with Crippen molar-refractivity contribution in [2.45, 2.75) is 44.2 Å². The van der Waals surface area contributed by atoms with Crippen LogP contribution < -0.4 is 20.7 Å². The van der Waals surface area contributed by atoms with Gasteiger partial charge in [0.05, 0.1) is 12.8 Å². The number of nitrogens with zero attached hydrogens (tertiary/aromatic N) is 1.